The first-order chi connectivity index (χ1) is 13.2. The van der Waals surface area contributed by atoms with E-state index in [1.54, 1.807) is 49.7 Å². The van der Waals surface area contributed by atoms with Gasteiger partial charge in [-0.25, -0.2) is 0 Å². The van der Waals surface area contributed by atoms with Gasteiger partial charge in [-0.05, 0) is 24.3 Å². The third kappa shape index (κ3) is 3.21. The van der Waals surface area contributed by atoms with Crippen LogP contribution in [0.5, 0.6) is 11.5 Å². The van der Waals surface area contributed by atoms with Crippen LogP contribution in [0.25, 0.3) is 11.4 Å². The summed E-state index contributed by atoms with van der Waals surface area (Å²) in [5.41, 5.74) is 1.48. The molecule has 0 bridgehead atoms. The molecule has 1 fully saturated rings. The Morgan fingerprint density at radius 3 is 2.70 bits per heavy atom. The van der Waals surface area contributed by atoms with Crippen molar-refractivity contribution < 1.29 is 18.8 Å². The number of hydrogen-bond donors (Lipinski definition) is 0. The van der Waals surface area contributed by atoms with Gasteiger partial charge in [-0.2, -0.15) is 4.98 Å². The number of anilines is 1. The van der Waals surface area contributed by atoms with Crippen molar-refractivity contribution in [1.82, 2.24) is 15.1 Å². The van der Waals surface area contributed by atoms with Gasteiger partial charge < -0.3 is 18.9 Å². The molecule has 27 heavy (non-hydrogen) atoms. The Labute approximate surface area is 155 Å². The summed E-state index contributed by atoms with van der Waals surface area (Å²) in [6.07, 6.45) is 3.63. The zero-order chi connectivity index (χ0) is 18.8. The molecule has 0 saturated carbocycles. The van der Waals surface area contributed by atoms with Gasteiger partial charge in [-0.1, -0.05) is 5.16 Å². The third-order valence-electron chi connectivity index (χ3n) is 4.53. The fourth-order valence-corrected chi connectivity index (χ4v) is 3.13. The minimum absolute atomic E-state index is 0.0322. The van der Waals surface area contributed by atoms with E-state index in [9.17, 15) is 4.79 Å². The second-order valence-corrected chi connectivity index (χ2v) is 6.14. The molecule has 1 atom stereocenters. The number of rotatable bonds is 5. The molecule has 3 heterocycles. The Balaban J connectivity index is 1.59. The molecule has 0 N–H and O–H groups in total. The predicted octanol–water partition coefficient (Wildman–Crippen LogP) is 2.67. The lowest BCUT2D eigenvalue weighted by molar-refractivity contribution is -0.117. The van der Waals surface area contributed by atoms with Crippen molar-refractivity contribution in [2.24, 2.45) is 0 Å². The molecule has 4 rings (SSSR count). The summed E-state index contributed by atoms with van der Waals surface area (Å²) in [5.74, 6) is 1.97. The number of methoxy groups -OCH3 is 2. The van der Waals surface area contributed by atoms with Gasteiger partial charge in [0.2, 0.25) is 17.6 Å². The molecule has 1 amide bonds. The second-order valence-electron chi connectivity index (χ2n) is 6.14. The first-order valence-corrected chi connectivity index (χ1v) is 8.46. The smallest absolute Gasteiger partial charge is 0.232 e. The van der Waals surface area contributed by atoms with Crippen molar-refractivity contribution in [3.63, 3.8) is 0 Å². The van der Waals surface area contributed by atoms with E-state index >= 15 is 0 Å². The van der Waals surface area contributed by atoms with E-state index < -0.39 is 0 Å². The Hall–Kier alpha value is -3.42. The molecular weight excluding hydrogens is 348 g/mol. The van der Waals surface area contributed by atoms with Crippen LogP contribution in [0, 0.1) is 0 Å². The molecule has 1 saturated heterocycles. The molecule has 1 aromatic carbocycles. The van der Waals surface area contributed by atoms with Crippen LogP contribution in [-0.4, -0.2) is 41.8 Å². The van der Waals surface area contributed by atoms with E-state index in [1.165, 1.54) is 0 Å². The number of ether oxygens (including phenoxy) is 2. The minimum Gasteiger partial charge on any atom is -0.497 e. The lowest BCUT2D eigenvalue weighted by Crippen LogP contribution is -2.24. The lowest BCUT2D eigenvalue weighted by Gasteiger charge is -2.20. The fraction of sp³-hybridized carbons (Fsp3) is 0.263. The van der Waals surface area contributed by atoms with Gasteiger partial charge in [0.05, 0.1) is 25.8 Å². The van der Waals surface area contributed by atoms with Crippen LogP contribution in [-0.2, 0) is 4.79 Å². The Morgan fingerprint density at radius 2 is 1.96 bits per heavy atom. The van der Waals surface area contributed by atoms with Crippen LogP contribution in [0.3, 0.4) is 0 Å². The Kier molecular flexibility index (Phi) is 4.45. The van der Waals surface area contributed by atoms with E-state index in [0.717, 1.165) is 5.56 Å². The van der Waals surface area contributed by atoms with E-state index in [1.807, 2.05) is 12.1 Å². The molecular formula is C19H18N4O4. The van der Waals surface area contributed by atoms with E-state index in [2.05, 4.69) is 15.1 Å². The van der Waals surface area contributed by atoms with Crippen molar-refractivity contribution in [3.8, 4) is 22.9 Å². The molecule has 0 spiro atoms. The number of pyridine rings is 1. The zero-order valence-electron chi connectivity index (χ0n) is 15.0. The van der Waals surface area contributed by atoms with Gasteiger partial charge in [0, 0.05) is 37.0 Å². The number of benzene rings is 1. The first-order valence-electron chi connectivity index (χ1n) is 8.46. The van der Waals surface area contributed by atoms with Crippen molar-refractivity contribution in [1.29, 1.82) is 0 Å². The topological polar surface area (TPSA) is 90.6 Å². The maximum atomic E-state index is 12.6. The Morgan fingerprint density at radius 1 is 1.15 bits per heavy atom. The average Bonchev–Trinajstić information content (AvgIpc) is 3.35. The van der Waals surface area contributed by atoms with Crippen LogP contribution >= 0.6 is 0 Å². The lowest BCUT2D eigenvalue weighted by atomic mass is 10.1. The van der Waals surface area contributed by atoms with Gasteiger partial charge in [-0.15, -0.1) is 0 Å². The number of carbonyl (C=O) groups is 1. The van der Waals surface area contributed by atoms with E-state index in [-0.39, 0.29) is 11.8 Å². The minimum atomic E-state index is -0.184. The normalized spacial score (nSPS) is 16.6. The maximum absolute atomic E-state index is 12.6. The quantitative estimate of drug-likeness (QED) is 0.685. The largest absolute Gasteiger partial charge is 0.497 e. The number of carbonyl (C=O) groups excluding carboxylic acids is 1. The van der Waals surface area contributed by atoms with Crippen molar-refractivity contribution in [2.75, 3.05) is 25.7 Å². The highest BCUT2D eigenvalue weighted by atomic mass is 16.5. The highest BCUT2D eigenvalue weighted by Gasteiger charge is 2.36. The molecule has 2 aromatic heterocycles. The molecule has 0 unspecified atom stereocenters. The van der Waals surface area contributed by atoms with E-state index in [0.29, 0.717) is 41.9 Å². The van der Waals surface area contributed by atoms with Gasteiger partial charge in [0.15, 0.2) is 0 Å². The molecule has 0 aliphatic carbocycles. The summed E-state index contributed by atoms with van der Waals surface area (Å²) in [7, 11) is 3.15. The molecule has 3 aromatic rings. The SMILES string of the molecule is COc1ccc(OC)c(N2C[C@H](c3nc(-c4ccncc4)no3)CC2=O)c1. The van der Waals surface area contributed by atoms with Gasteiger partial charge >= 0.3 is 0 Å². The zero-order valence-corrected chi connectivity index (χ0v) is 15.0. The summed E-state index contributed by atoms with van der Waals surface area (Å²) in [5, 5.41) is 4.03. The standard InChI is InChI=1S/C19H18N4O4/c1-25-14-3-4-16(26-2)15(10-14)23-11-13(9-17(23)24)19-21-18(22-27-19)12-5-7-20-8-6-12/h3-8,10,13H,9,11H2,1-2H3/t13-/m1/s1. The van der Waals surface area contributed by atoms with Gasteiger partial charge in [0.1, 0.15) is 11.5 Å². The summed E-state index contributed by atoms with van der Waals surface area (Å²) in [4.78, 5) is 22.7. The molecule has 138 valence electrons. The van der Waals surface area contributed by atoms with Crippen LogP contribution in [0.4, 0.5) is 5.69 Å². The van der Waals surface area contributed by atoms with Crippen molar-refractivity contribution >= 4 is 11.6 Å². The van der Waals surface area contributed by atoms with Crippen LogP contribution in [0.1, 0.15) is 18.2 Å². The molecule has 8 heteroatoms. The van der Waals surface area contributed by atoms with Crippen LogP contribution in [0.15, 0.2) is 47.2 Å². The fourth-order valence-electron chi connectivity index (χ4n) is 3.13. The molecule has 0 radical (unpaired) electrons. The summed E-state index contributed by atoms with van der Waals surface area (Å²) < 4.78 is 16.1. The highest BCUT2D eigenvalue weighted by molar-refractivity contribution is 5.98. The molecule has 1 aliphatic heterocycles. The second kappa shape index (κ2) is 7.06. The summed E-state index contributed by atoms with van der Waals surface area (Å²) in [6, 6.07) is 8.97. The van der Waals surface area contributed by atoms with Crippen molar-refractivity contribution in [2.45, 2.75) is 12.3 Å². The monoisotopic (exact) mass is 366 g/mol. The first kappa shape index (κ1) is 17.0. The average molecular weight is 366 g/mol. The number of aromatic nitrogens is 3. The summed E-state index contributed by atoms with van der Waals surface area (Å²) in [6.45, 7) is 0.431. The molecule has 8 nitrogen and oxygen atoms in total. The maximum Gasteiger partial charge on any atom is 0.232 e. The number of nitrogens with zero attached hydrogens (tertiary/aromatic N) is 4. The number of hydrogen-bond acceptors (Lipinski definition) is 7. The van der Waals surface area contributed by atoms with Gasteiger partial charge in [0.25, 0.3) is 0 Å². The van der Waals surface area contributed by atoms with Crippen LogP contribution < -0.4 is 14.4 Å². The highest BCUT2D eigenvalue weighted by Crippen LogP contribution is 2.38. The van der Waals surface area contributed by atoms with Crippen LogP contribution in [0.2, 0.25) is 0 Å². The number of amides is 1. The Bertz CT molecular complexity index is 957. The predicted molar refractivity (Wildman–Crippen MR) is 96.8 cm³/mol. The van der Waals surface area contributed by atoms with Crippen molar-refractivity contribution in [3.05, 3.63) is 48.6 Å². The van der Waals surface area contributed by atoms with Gasteiger partial charge in [-0.3, -0.25) is 9.78 Å². The molecule has 1 aliphatic rings. The summed E-state index contributed by atoms with van der Waals surface area (Å²) >= 11 is 0. The third-order valence-corrected chi connectivity index (χ3v) is 4.53. The van der Waals surface area contributed by atoms with E-state index in [4.69, 9.17) is 14.0 Å².